The molecule has 2 saturated heterocycles. The lowest BCUT2D eigenvalue weighted by molar-refractivity contribution is -0.0142. The van der Waals surface area contributed by atoms with Crippen molar-refractivity contribution in [3.05, 3.63) is 46.4 Å². The summed E-state index contributed by atoms with van der Waals surface area (Å²) in [4.78, 5) is 36.8. The summed E-state index contributed by atoms with van der Waals surface area (Å²) in [5.41, 5.74) is 0.00520. The van der Waals surface area contributed by atoms with Gasteiger partial charge in [0, 0.05) is 46.7 Å². The minimum Gasteiger partial charge on any atom is -0.389 e. The van der Waals surface area contributed by atoms with E-state index in [4.69, 9.17) is 0 Å². The minimum atomic E-state index is -1.14. The Hall–Kier alpha value is -3.51. The average molecular weight is 486 g/mol. The number of aliphatic hydroxyl groups excluding tert-OH is 1. The van der Waals surface area contributed by atoms with Gasteiger partial charge in [0.1, 0.15) is 11.2 Å². The second kappa shape index (κ2) is 8.61. The molecule has 0 saturated carbocycles. The summed E-state index contributed by atoms with van der Waals surface area (Å²) >= 11 is 0. The summed E-state index contributed by atoms with van der Waals surface area (Å²) in [6, 6.07) is 4.37. The van der Waals surface area contributed by atoms with Crippen LogP contribution in [-0.4, -0.2) is 97.8 Å². The van der Waals surface area contributed by atoms with Gasteiger partial charge in [0.05, 0.1) is 35.1 Å². The van der Waals surface area contributed by atoms with E-state index in [1.54, 1.807) is 36.0 Å². The third-order valence-electron chi connectivity index (χ3n) is 6.76. The molecule has 2 amide bonds. The number of hydrogen-bond acceptors (Lipinski definition) is 7. The van der Waals surface area contributed by atoms with Crippen LogP contribution in [0.15, 0.2) is 29.3 Å². The number of likely N-dealkylation sites (tertiary alicyclic amines) is 1. The van der Waals surface area contributed by atoms with Gasteiger partial charge in [-0.15, -0.1) is 0 Å². The molecule has 186 valence electrons. The highest BCUT2D eigenvalue weighted by Crippen LogP contribution is 2.31. The van der Waals surface area contributed by atoms with E-state index in [1.807, 2.05) is 0 Å². The number of amides is 2. The SMILES string of the molecule is CN(C)C(=O)N1CCC(O)(Cc2nn(-c3ccc(F)c(N4CC(O)C4)c3)c3nc[nH]c(=O)c23)CC1. The molecule has 2 aliphatic heterocycles. The van der Waals surface area contributed by atoms with Crippen molar-refractivity contribution >= 4 is 22.8 Å². The molecule has 4 heterocycles. The maximum Gasteiger partial charge on any atom is 0.319 e. The number of aliphatic hydroxyl groups is 2. The first-order valence-corrected chi connectivity index (χ1v) is 11.5. The molecule has 0 aliphatic carbocycles. The van der Waals surface area contributed by atoms with E-state index in [0.717, 1.165) is 0 Å². The van der Waals surface area contributed by atoms with E-state index in [-0.39, 0.29) is 23.4 Å². The van der Waals surface area contributed by atoms with Crippen LogP contribution < -0.4 is 10.5 Å². The number of benzene rings is 1. The molecule has 1 aromatic carbocycles. The van der Waals surface area contributed by atoms with Gasteiger partial charge in [-0.05, 0) is 31.0 Å². The zero-order valence-electron chi connectivity index (χ0n) is 19.6. The van der Waals surface area contributed by atoms with E-state index in [1.165, 1.54) is 22.0 Å². The fourth-order valence-corrected chi connectivity index (χ4v) is 4.75. The van der Waals surface area contributed by atoms with Crippen molar-refractivity contribution in [2.45, 2.75) is 31.0 Å². The van der Waals surface area contributed by atoms with Crippen LogP contribution in [0.25, 0.3) is 16.7 Å². The summed E-state index contributed by atoms with van der Waals surface area (Å²) in [6.07, 6.45) is 1.59. The van der Waals surface area contributed by atoms with Gasteiger partial charge in [-0.25, -0.2) is 18.9 Å². The lowest BCUT2D eigenvalue weighted by Crippen LogP contribution is -2.51. The fourth-order valence-electron chi connectivity index (χ4n) is 4.75. The predicted octanol–water partition coefficient (Wildman–Crippen LogP) is 0.480. The Morgan fingerprint density at radius 2 is 2.00 bits per heavy atom. The smallest absolute Gasteiger partial charge is 0.319 e. The van der Waals surface area contributed by atoms with Gasteiger partial charge in [0.2, 0.25) is 0 Å². The molecule has 2 aromatic heterocycles. The summed E-state index contributed by atoms with van der Waals surface area (Å²) < 4.78 is 16.0. The predicted molar refractivity (Wildman–Crippen MR) is 126 cm³/mol. The largest absolute Gasteiger partial charge is 0.389 e. The lowest BCUT2D eigenvalue weighted by Gasteiger charge is -2.38. The van der Waals surface area contributed by atoms with Crippen LogP contribution in [0.4, 0.5) is 14.9 Å². The summed E-state index contributed by atoms with van der Waals surface area (Å²) in [5, 5.41) is 25.8. The molecule has 0 bridgehead atoms. The first-order valence-electron chi connectivity index (χ1n) is 11.5. The molecule has 12 heteroatoms. The number of nitrogens with zero attached hydrogens (tertiary/aromatic N) is 6. The number of hydrogen-bond donors (Lipinski definition) is 3. The number of rotatable bonds is 4. The first-order chi connectivity index (χ1) is 16.6. The number of nitrogens with one attached hydrogen (secondary N) is 1. The third kappa shape index (κ3) is 4.23. The summed E-state index contributed by atoms with van der Waals surface area (Å²) in [6.45, 7) is 1.46. The van der Waals surface area contributed by atoms with Crippen LogP contribution in [0, 0.1) is 5.82 Å². The van der Waals surface area contributed by atoms with Gasteiger partial charge >= 0.3 is 6.03 Å². The Balaban J connectivity index is 1.47. The summed E-state index contributed by atoms with van der Waals surface area (Å²) in [7, 11) is 3.37. The van der Waals surface area contributed by atoms with Gasteiger partial charge in [-0.3, -0.25) is 4.79 Å². The molecule has 2 fully saturated rings. The van der Waals surface area contributed by atoms with Crippen molar-refractivity contribution in [2.24, 2.45) is 0 Å². The molecule has 5 rings (SSSR count). The minimum absolute atomic E-state index is 0.107. The van der Waals surface area contributed by atoms with Gasteiger partial charge < -0.3 is 29.9 Å². The molecule has 2 aliphatic rings. The Labute approximate surface area is 200 Å². The number of carbonyl (C=O) groups is 1. The highest BCUT2D eigenvalue weighted by atomic mass is 19.1. The molecule has 0 radical (unpaired) electrons. The third-order valence-corrected chi connectivity index (χ3v) is 6.76. The van der Waals surface area contributed by atoms with Crippen molar-refractivity contribution in [3.8, 4) is 5.69 Å². The Morgan fingerprint density at radius 3 is 2.66 bits per heavy atom. The first kappa shape index (κ1) is 23.2. The Morgan fingerprint density at radius 1 is 1.29 bits per heavy atom. The van der Waals surface area contributed by atoms with Crippen molar-refractivity contribution in [1.29, 1.82) is 0 Å². The van der Waals surface area contributed by atoms with Crippen molar-refractivity contribution < 1.29 is 19.4 Å². The number of carbonyl (C=O) groups excluding carboxylic acids is 1. The number of anilines is 1. The number of aromatic nitrogens is 4. The molecule has 3 N–H and O–H groups in total. The quantitative estimate of drug-likeness (QED) is 0.490. The highest BCUT2D eigenvalue weighted by Gasteiger charge is 2.36. The van der Waals surface area contributed by atoms with Gasteiger partial charge in [0.15, 0.2) is 5.65 Å². The van der Waals surface area contributed by atoms with Gasteiger partial charge in [0.25, 0.3) is 5.56 Å². The van der Waals surface area contributed by atoms with E-state index in [9.17, 15) is 24.2 Å². The molecular formula is C23H28FN7O4. The second-order valence-corrected chi connectivity index (χ2v) is 9.55. The second-order valence-electron chi connectivity index (χ2n) is 9.55. The molecule has 35 heavy (non-hydrogen) atoms. The standard InChI is InChI=1S/C23H28FN7O4/c1-28(2)22(34)29-7-5-23(35,6-8-29)10-17-19-20(25-13-26-21(19)33)31(27-17)14-3-4-16(24)18(9-14)30-11-15(32)12-30/h3-4,9,13,15,32,35H,5-8,10-12H2,1-2H3,(H,25,26,33). The molecule has 0 spiro atoms. The zero-order chi connectivity index (χ0) is 24.9. The van der Waals surface area contributed by atoms with Crippen molar-refractivity contribution in [2.75, 3.05) is 45.2 Å². The number of β-amino-alcohol motifs (C(OH)–C–C–N with tert-alkyl or cyclic N) is 1. The molecule has 11 nitrogen and oxygen atoms in total. The molecule has 3 aromatic rings. The number of piperidine rings is 1. The van der Waals surface area contributed by atoms with Gasteiger partial charge in [-0.2, -0.15) is 5.10 Å². The number of halogens is 1. The van der Waals surface area contributed by atoms with Crippen LogP contribution in [0.2, 0.25) is 0 Å². The zero-order valence-corrected chi connectivity index (χ0v) is 19.6. The normalized spacial score (nSPS) is 18.1. The van der Waals surface area contributed by atoms with E-state index in [0.29, 0.717) is 61.7 Å². The molecule has 0 atom stereocenters. The Kier molecular flexibility index (Phi) is 5.72. The monoisotopic (exact) mass is 485 g/mol. The molecular weight excluding hydrogens is 457 g/mol. The van der Waals surface area contributed by atoms with Gasteiger partial charge in [-0.1, -0.05) is 0 Å². The lowest BCUT2D eigenvalue weighted by atomic mass is 9.86. The van der Waals surface area contributed by atoms with Crippen LogP contribution in [0.5, 0.6) is 0 Å². The number of H-pyrrole nitrogens is 1. The highest BCUT2D eigenvalue weighted by molar-refractivity contribution is 5.79. The van der Waals surface area contributed by atoms with E-state index < -0.39 is 17.5 Å². The van der Waals surface area contributed by atoms with Crippen LogP contribution in [-0.2, 0) is 6.42 Å². The fraction of sp³-hybridized carbons (Fsp3) is 0.478. The maximum absolute atomic E-state index is 14.5. The maximum atomic E-state index is 14.5. The van der Waals surface area contributed by atoms with Crippen LogP contribution >= 0.6 is 0 Å². The Bertz CT molecular complexity index is 1320. The molecule has 0 unspecified atom stereocenters. The van der Waals surface area contributed by atoms with E-state index in [2.05, 4.69) is 15.1 Å². The summed E-state index contributed by atoms with van der Waals surface area (Å²) in [5.74, 6) is -0.420. The number of fused-ring (bicyclic) bond motifs is 1. The number of urea groups is 1. The topological polar surface area (TPSA) is 131 Å². The van der Waals surface area contributed by atoms with Crippen LogP contribution in [0.1, 0.15) is 18.5 Å². The van der Waals surface area contributed by atoms with Crippen molar-refractivity contribution in [3.63, 3.8) is 0 Å². The number of aromatic amines is 1. The average Bonchev–Trinajstić information content (AvgIpc) is 3.16. The van der Waals surface area contributed by atoms with Crippen LogP contribution in [0.3, 0.4) is 0 Å². The van der Waals surface area contributed by atoms with Crippen molar-refractivity contribution in [1.82, 2.24) is 29.5 Å². The van der Waals surface area contributed by atoms with E-state index >= 15 is 0 Å².